The van der Waals surface area contributed by atoms with Crippen molar-refractivity contribution in [2.75, 3.05) is 0 Å². The van der Waals surface area contributed by atoms with Crippen LogP contribution in [0.1, 0.15) is 50.6 Å². The minimum absolute atomic E-state index is 0.103. The Balaban J connectivity index is 2.14. The van der Waals surface area contributed by atoms with Crippen LogP contribution in [0.4, 0.5) is 4.39 Å². The van der Waals surface area contributed by atoms with E-state index in [4.69, 9.17) is 0 Å². The summed E-state index contributed by atoms with van der Waals surface area (Å²) in [4.78, 5) is 0. The second kappa shape index (κ2) is 3.83. The fourth-order valence-corrected chi connectivity index (χ4v) is 2.45. The van der Waals surface area contributed by atoms with Gasteiger partial charge in [-0.3, -0.25) is 4.68 Å². The van der Waals surface area contributed by atoms with Crippen LogP contribution >= 0.6 is 0 Å². The van der Waals surface area contributed by atoms with E-state index in [0.29, 0.717) is 6.04 Å². The molecule has 90 valence electrons. The molecule has 1 saturated carbocycles. The largest absolute Gasteiger partial charge is 0.262 e. The summed E-state index contributed by atoms with van der Waals surface area (Å²) in [6.07, 6.45) is 5.46. The normalized spacial score (nSPS) is 16.7. The number of benzene rings is 1. The molecule has 0 N–H and O–H groups in total. The minimum Gasteiger partial charge on any atom is -0.262 e. The predicted molar refractivity (Wildman–Crippen MR) is 66.7 cm³/mol. The van der Waals surface area contributed by atoms with Gasteiger partial charge in [0.1, 0.15) is 5.82 Å². The molecule has 1 heterocycles. The van der Waals surface area contributed by atoms with Gasteiger partial charge in [0.05, 0.1) is 17.8 Å². The summed E-state index contributed by atoms with van der Waals surface area (Å²) in [7, 11) is 0. The van der Waals surface area contributed by atoms with E-state index in [1.807, 2.05) is 30.8 Å². The van der Waals surface area contributed by atoms with E-state index in [2.05, 4.69) is 5.10 Å². The van der Waals surface area contributed by atoms with Crippen molar-refractivity contribution in [3.8, 4) is 0 Å². The van der Waals surface area contributed by atoms with Crippen LogP contribution in [-0.2, 0) is 0 Å². The van der Waals surface area contributed by atoms with Crippen LogP contribution in [0.25, 0.3) is 10.9 Å². The number of halogens is 1. The van der Waals surface area contributed by atoms with Crippen LogP contribution in [0.5, 0.6) is 0 Å². The van der Waals surface area contributed by atoms with Crippen molar-refractivity contribution in [3.05, 3.63) is 29.7 Å². The van der Waals surface area contributed by atoms with Crippen molar-refractivity contribution in [1.29, 1.82) is 0 Å². The quantitative estimate of drug-likeness (QED) is 0.764. The van der Waals surface area contributed by atoms with Crippen LogP contribution in [0.3, 0.4) is 0 Å². The molecule has 0 unspecified atom stereocenters. The minimum atomic E-state index is -0.103. The molecule has 0 bridgehead atoms. The molecule has 1 aliphatic rings. The van der Waals surface area contributed by atoms with Gasteiger partial charge in [0.15, 0.2) is 0 Å². The van der Waals surface area contributed by atoms with Gasteiger partial charge >= 0.3 is 0 Å². The van der Waals surface area contributed by atoms with E-state index in [1.165, 1.54) is 19.3 Å². The van der Waals surface area contributed by atoms with Crippen molar-refractivity contribution in [2.45, 2.75) is 45.1 Å². The molecule has 3 heteroatoms. The molecular formula is C14H17FN2. The van der Waals surface area contributed by atoms with Gasteiger partial charge in [-0.15, -0.1) is 0 Å². The lowest BCUT2D eigenvalue weighted by Crippen LogP contribution is -2.17. The van der Waals surface area contributed by atoms with Crippen molar-refractivity contribution < 1.29 is 4.39 Å². The molecule has 2 nitrogen and oxygen atoms in total. The average Bonchev–Trinajstić information content (AvgIpc) is 2.58. The maximum Gasteiger partial charge on any atom is 0.128 e. The van der Waals surface area contributed by atoms with E-state index >= 15 is 0 Å². The first-order valence-corrected chi connectivity index (χ1v) is 6.33. The molecule has 1 fully saturated rings. The van der Waals surface area contributed by atoms with E-state index in [-0.39, 0.29) is 11.7 Å². The summed E-state index contributed by atoms with van der Waals surface area (Å²) in [6, 6.07) is 4.07. The third-order valence-electron chi connectivity index (χ3n) is 3.76. The number of hydrogen-bond acceptors (Lipinski definition) is 1. The van der Waals surface area contributed by atoms with Crippen LogP contribution in [0.15, 0.2) is 18.3 Å². The standard InChI is InChI=1S/C14H17FN2/c1-9(2)12-6-10-8-16-17(11-4-3-5-11)14(10)7-13(12)15/h6-9,11H,3-5H2,1-2H3. The summed E-state index contributed by atoms with van der Waals surface area (Å²) in [5.41, 5.74) is 1.72. The Kier molecular flexibility index (Phi) is 2.42. The van der Waals surface area contributed by atoms with Gasteiger partial charge < -0.3 is 0 Å². The lowest BCUT2D eigenvalue weighted by atomic mass is 9.93. The molecule has 0 saturated heterocycles. The zero-order valence-electron chi connectivity index (χ0n) is 10.3. The van der Waals surface area contributed by atoms with Crippen LogP contribution in [-0.4, -0.2) is 9.78 Å². The van der Waals surface area contributed by atoms with E-state index in [9.17, 15) is 4.39 Å². The predicted octanol–water partition coefficient (Wildman–Crippen LogP) is 4.02. The summed E-state index contributed by atoms with van der Waals surface area (Å²) < 4.78 is 16.0. The summed E-state index contributed by atoms with van der Waals surface area (Å²) in [5.74, 6) is 0.111. The van der Waals surface area contributed by atoms with Gasteiger partial charge in [-0.25, -0.2) is 4.39 Å². The van der Waals surface area contributed by atoms with Crippen molar-refractivity contribution >= 4 is 10.9 Å². The fourth-order valence-electron chi connectivity index (χ4n) is 2.45. The Hall–Kier alpha value is -1.38. The highest BCUT2D eigenvalue weighted by atomic mass is 19.1. The van der Waals surface area contributed by atoms with Crippen molar-refractivity contribution in [1.82, 2.24) is 9.78 Å². The Morgan fingerprint density at radius 1 is 1.35 bits per heavy atom. The summed E-state index contributed by atoms with van der Waals surface area (Å²) in [6.45, 7) is 4.03. The third-order valence-corrected chi connectivity index (χ3v) is 3.76. The second-order valence-corrected chi connectivity index (χ2v) is 5.26. The third kappa shape index (κ3) is 1.65. The van der Waals surface area contributed by atoms with Crippen LogP contribution in [0.2, 0.25) is 0 Å². The fraction of sp³-hybridized carbons (Fsp3) is 0.500. The Labute approximate surface area is 100 Å². The first-order chi connectivity index (χ1) is 8.16. The number of hydrogen-bond donors (Lipinski definition) is 0. The van der Waals surface area contributed by atoms with Crippen molar-refractivity contribution in [3.63, 3.8) is 0 Å². The molecule has 2 aromatic rings. The number of rotatable bonds is 2. The average molecular weight is 232 g/mol. The molecule has 0 amide bonds. The van der Waals surface area contributed by atoms with Gasteiger partial charge in [0, 0.05) is 11.5 Å². The maximum atomic E-state index is 14.0. The highest BCUT2D eigenvalue weighted by molar-refractivity contribution is 5.79. The number of fused-ring (bicyclic) bond motifs is 1. The van der Waals surface area contributed by atoms with E-state index in [0.717, 1.165) is 16.5 Å². The molecule has 3 rings (SSSR count). The zero-order valence-corrected chi connectivity index (χ0v) is 10.3. The Bertz CT molecular complexity index is 553. The van der Waals surface area contributed by atoms with Crippen LogP contribution in [0, 0.1) is 5.82 Å². The van der Waals surface area contributed by atoms with Crippen molar-refractivity contribution in [2.24, 2.45) is 0 Å². The SMILES string of the molecule is CC(C)c1cc2cnn(C3CCC3)c2cc1F. The summed E-state index contributed by atoms with van der Waals surface area (Å²) in [5, 5.41) is 5.47. The highest BCUT2D eigenvalue weighted by Gasteiger charge is 2.22. The highest BCUT2D eigenvalue weighted by Crippen LogP contribution is 2.34. The van der Waals surface area contributed by atoms with Crippen LogP contribution < -0.4 is 0 Å². The zero-order chi connectivity index (χ0) is 12.0. The van der Waals surface area contributed by atoms with Gasteiger partial charge in [-0.1, -0.05) is 13.8 Å². The molecule has 17 heavy (non-hydrogen) atoms. The van der Waals surface area contributed by atoms with E-state index in [1.54, 1.807) is 6.07 Å². The van der Waals surface area contributed by atoms with Gasteiger partial charge in [-0.2, -0.15) is 5.10 Å². The molecule has 0 aliphatic heterocycles. The molecule has 0 spiro atoms. The number of nitrogens with zero attached hydrogens (tertiary/aromatic N) is 2. The topological polar surface area (TPSA) is 17.8 Å². The smallest absolute Gasteiger partial charge is 0.128 e. The first kappa shape index (κ1) is 10.8. The molecule has 0 atom stereocenters. The molecule has 1 aliphatic carbocycles. The monoisotopic (exact) mass is 232 g/mol. The Morgan fingerprint density at radius 2 is 2.12 bits per heavy atom. The summed E-state index contributed by atoms with van der Waals surface area (Å²) >= 11 is 0. The number of aromatic nitrogens is 2. The first-order valence-electron chi connectivity index (χ1n) is 6.33. The maximum absolute atomic E-state index is 14.0. The van der Waals surface area contributed by atoms with Gasteiger partial charge in [-0.05, 0) is 36.8 Å². The molecule has 0 radical (unpaired) electrons. The van der Waals surface area contributed by atoms with E-state index < -0.39 is 0 Å². The van der Waals surface area contributed by atoms with Gasteiger partial charge in [0.2, 0.25) is 0 Å². The Morgan fingerprint density at radius 3 is 2.71 bits per heavy atom. The molecular weight excluding hydrogens is 215 g/mol. The second-order valence-electron chi connectivity index (χ2n) is 5.26. The molecule has 1 aromatic carbocycles. The lowest BCUT2D eigenvalue weighted by molar-refractivity contribution is 0.297. The lowest BCUT2D eigenvalue weighted by Gasteiger charge is -2.26. The molecule has 1 aromatic heterocycles. The van der Waals surface area contributed by atoms with Gasteiger partial charge in [0.25, 0.3) is 0 Å².